The quantitative estimate of drug-likeness (QED) is 0.582. The first kappa shape index (κ1) is 22.2. The number of carbonyl (C=O) groups excluding carboxylic acids is 1. The van der Waals surface area contributed by atoms with Gasteiger partial charge >= 0.3 is 0 Å². The van der Waals surface area contributed by atoms with E-state index >= 15 is 0 Å². The normalized spacial score (nSPS) is 14.3. The predicted octanol–water partition coefficient (Wildman–Crippen LogP) is 4.28. The molecule has 1 amide bonds. The third kappa shape index (κ3) is 4.61. The van der Waals surface area contributed by atoms with Gasteiger partial charge in [0.15, 0.2) is 5.13 Å². The Balaban J connectivity index is 1.46. The number of carbonyl (C=O) groups is 1. The van der Waals surface area contributed by atoms with E-state index in [9.17, 15) is 9.18 Å². The minimum absolute atomic E-state index is 0.271. The van der Waals surface area contributed by atoms with Gasteiger partial charge in [-0.3, -0.25) is 10.1 Å². The largest absolute Gasteiger partial charge is 0.497 e. The second kappa shape index (κ2) is 9.26. The van der Waals surface area contributed by atoms with Gasteiger partial charge in [0.25, 0.3) is 5.91 Å². The molecule has 1 aromatic heterocycles. The van der Waals surface area contributed by atoms with Gasteiger partial charge in [-0.2, -0.15) is 0 Å². The standard InChI is InChI=1S/C24H27FN4O2S/c1-24(2,17-5-7-18(31-3)8-6-17)21-15-27-23(32-21)28-22(30)16-4-9-20(19(25)14-16)29-12-10-26-11-13-29/h4-9,14-15,26H,10-13H2,1-3H3,(H,27,28,30). The summed E-state index contributed by atoms with van der Waals surface area (Å²) >= 11 is 1.41. The van der Waals surface area contributed by atoms with E-state index in [1.807, 2.05) is 29.2 Å². The maximum atomic E-state index is 14.7. The third-order valence-electron chi connectivity index (χ3n) is 5.82. The van der Waals surface area contributed by atoms with Crippen molar-refractivity contribution in [1.29, 1.82) is 0 Å². The van der Waals surface area contributed by atoms with Crippen molar-refractivity contribution in [3.63, 3.8) is 0 Å². The van der Waals surface area contributed by atoms with Crippen molar-refractivity contribution in [3.8, 4) is 5.75 Å². The molecule has 8 heteroatoms. The zero-order valence-corrected chi connectivity index (χ0v) is 19.3. The van der Waals surface area contributed by atoms with E-state index in [4.69, 9.17) is 4.74 Å². The van der Waals surface area contributed by atoms with Crippen LogP contribution in [0.5, 0.6) is 5.75 Å². The number of piperazine rings is 1. The van der Waals surface area contributed by atoms with Crippen LogP contribution in [-0.2, 0) is 5.41 Å². The number of hydrogen-bond donors (Lipinski definition) is 2. The van der Waals surface area contributed by atoms with Gasteiger partial charge in [-0.1, -0.05) is 26.0 Å². The molecule has 4 rings (SSSR count). The van der Waals surface area contributed by atoms with Gasteiger partial charge in [0.1, 0.15) is 11.6 Å². The first-order chi connectivity index (χ1) is 15.4. The number of amides is 1. The molecule has 0 radical (unpaired) electrons. The lowest BCUT2D eigenvalue weighted by Crippen LogP contribution is -2.43. The summed E-state index contributed by atoms with van der Waals surface area (Å²) in [5.74, 6) is 0.0379. The summed E-state index contributed by atoms with van der Waals surface area (Å²) in [6.07, 6.45) is 1.78. The van der Waals surface area contributed by atoms with Crippen molar-refractivity contribution in [1.82, 2.24) is 10.3 Å². The minimum Gasteiger partial charge on any atom is -0.497 e. The maximum absolute atomic E-state index is 14.7. The Kier molecular flexibility index (Phi) is 6.43. The lowest BCUT2D eigenvalue weighted by atomic mass is 9.83. The lowest BCUT2D eigenvalue weighted by molar-refractivity contribution is 0.102. The van der Waals surface area contributed by atoms with Gasteiger partial charge in [-0.25, -0.2) is 9.37 Å². The molecule has 0 atom stereocenters. The molecule has 2 N–H and O–H groups in total. The summed E-state index contributed by atoms with van der Waals surface area (Å²) in [4.78, 5) is 20.1. The Morgan fingerprint density at radius 3 is 2.56 bits per heavy atom. The van der Waals surface area contributed by atoms with Gasteiger partial charge < -0.3 is 15.0 Å². The van der Waals surface area contributed by atoms with Crippen LogP contribution in [0.2, 0.25) is 0 Å². The van der Waals surface area contributed by atoms with Crippen LogP contribution in [0.25, 0.3) is 0 Å². The number of rotatable bonds is 6. The molecule has 0 spiro atoms. The van der Waals surface area contributed by atoms with E-state index in [-0.39, 0.29) is 22.7 Å². The monoisotopic (exact) mass is 454 g/mol. The van der Waals surface area contributed by atoms with Crippen LogP contribution in [0.3, 0.4) is 0 Å². The molecule has 0 bridgehead atoms. The van der Waals surface area contributed by atoms with E-state index in [0.717, 1.165) is 42.4 Å². The van der Waals surface area contributed by atoms with Crippen LogP contribution in [0.4, 0.5) is 15.2 Å². The third-order valence-corrected chi connectivity index (χ3v) is 7.06. The molecule has 2 heterocycles. The van der Waals surface area contributed by atoms with Gasteiger partial charge in [-0.15, -0.1) is 11.3 Å². The molecule has 0 unspecified atom stereocenters. The molecule has 1 fully saturated rings. The molecule has 6 nitrogen and oxygen atoms in total. The van der Waals surface area contributed by atoms with Crippen LogP contribution in [0.15, 0.2) is 48.7 Å². The highest BCUT2D eigenvalue weighted by Crippen LogP contribution is 2.37. The molecule has 1 saturated heterocycles. The number of nitrogens with one attached hydrogen (secondary N) is 2. The van der Waals surface area contributed by atoms with Gasteiger partial charge in [0.05, 0.1) is 12.8 Å². The number of aromatic nitrogens is 1. The number of hydrogen-bond acceptors (Lipinski definition) is 6. The van der Waals surface area contributed by atoms with E-state index in [0.29, 0.717) is 10.8 Å². The molecule has 0 aliphatic carbocycles. The van der Waals surface area contributed by atoms with Crippen molar-refractivity contribution in [2.45, 2.75) is 19.3 Å². The fourth-order valence-electron chi connectivity index (χ4n) is 3.75. The van der Waals surface area contributed by atoms with Crippen molar-refractivity contribution in [3.05, 3.63) is 70.5 Å². The van der Waals surface area contributed by atoms with Crippen molar-refractivity contribution in [2.75, 3.05) is 43.5 Å². The smallest absolute Gasteiger partial charge is 0.257 e. The average Bonchev–Trinajstić information content (AvgIpc) is 3.29. The molecule has 2 aromatic carbocycles. The summed E-state index contributed by atoms with van der Waals surface area (Å²) in [7, 11) is 1.64. The zero-order chi connectivity index (χ0) is 22.7. The van der Waals surface area contributed by atoms with Crippen molar-refractivity contribution in [2.24, 2.45) is 0 Å². The van der Waals surface area contributed by atoms with Crippen LogP contribution in [-0.4, -0.2) is 44.2 Å². The minimum atomic E-state index is -0.389. The molecule has 168 valence electrons. The van der Waals surface area contributed by atoms with Crippen molar-refractivity contribution >= 4 is 28.1 Å². The molecule has 1 aliphatic rings. The summed E-state index contributed by atoms with van der Waals surface area (Å²) in [6, 6.07) is 12.5. The number of halogens is 1. The number of benzene rings is 2. The summed E-state index contributed by atoms with van der Waals surface area (Å²) < 4.78 is 19.9. The van der Waals surface area contributed by atoms with Gasteiger partial charge in [0, 0.05) is 48.2 Å². The summed E-state index contributed by atoms with van der Waals surface area (Å²) in [6.45, 7) is 7.35. The first-order valence-electron chi connectivity index (χ1n) is 10.6. The average molecular weight is 455 g/mol. The topological polar surface area (TPSA) is 66.5 Å². The summed E-state index contributed by atoms with van der Waals surface area (Å²) in [5, 5.41) is 6.54. The Hall–Kier alpha value is -2.97. The van der Waals surface area contributed by atoms with E-state index in [1.165, 1.54) is 17.4 Å². The Bertz CT molecular complexity index is 1090. The van der Waals surface area contributed by atoms with Crippen LogP contribution in [0.1, 0.15) is 34.6 Å². The number of nitrogens with zero attached hydrogens (tertiary/aromatic N) is 2. The van der Waals surface area contributed by atoms with Crippen molar-refractivity contribution < 1.29 is 13.9 Å². The molecular formula is C24H27FN4O2S. The van der Waals surface area contributed by atoms with Gasteiger partial charge in [-0.05, 0) is 35.9 Å². The highest BCUT2D eigenvalue weighted by molar-refractivity contribution is 7.15. The van der Waals surface area contributed by atoms with Gasteiger partial charge in [0.2, 0.25) is 0 Å². The number of anilines is 2. The lowest BCUT2D eigenvalue weighted by Gasteiger charge is -2.29. The molecule has 32 heavy (non-hydrogen) atoms. The fourth-order valence-corrected chi connectivity index (χ4v) is 4.69. The number of methoxy groups -OCH3 is 1. The highest BCUT2D eigenvalue weighted by Gasteiger charge is 2.26. The summed E-state index contributed by atoms with van der Waals surface area (Å²) in [5.41, 5.74) is 1.63. The van der Waals surface area contributed by atoms with E-state index in [2.05, 4.69) is 29.5 Å². The van der Waals surface area contributed by atoms with E-state index < -0.39 is 0 Å². The Morgan fingerprint density at radius 2 is 1.91 bits per heavy atom. The highest BCUT2D eigenvalue weighted by atomic mass is 32.1. The number of ether oxygens (including phenoxy) is 1. The molecule has 3 aromatic rings. The molecule has 1 aliphatic heterocycles. The predicted molar refractivity (Wildman–Crippen MR) is 127 cm³/mol. The Labute approximate surface area is 191 Å². The Morgan fingerprint density at radius 1 is 1.19 bits per heavy atom. The maximum Gasteiger partial charge on any atom is 0.257 e. The van der Waals surface area contributed by atoms with Crippen LogP contribution < -0.4 is 20.3 Å². The fraction of sp³-hybridized carbons (Fsp3) is 0.333. The SMILES string of the molecule is COc1ccc(C(C)(C)c2cnc(NC(=O)c3ccc(N4CCNCC4)c(F)c3)s2)cc1. The van der Waals surface area contributed by atoms with E-state index in [1.54, 1.807) is 25.4 Å². The van der Waals surface area contributed by atoms with Crippen LogP contribution >= 0.6 is 11.3 Å². The molecular weight excluding hydrogens is 427 g/mol. The second-order valence-electron chi connectivity index (χ2n) is 8.24. The first-order valence-corrected chi connectivity index (χ1v) is 11.4. The number of thiazole rings is 1. The zero-order valence-electron chi connectivity index (χ0n) is 18.4. The second-order valence-corrected chi connectivity index (χ2v) is 9.27. The molecule has 0 saturated carbocycles. The van der Waals surface area contributed by atoms with Crippen LogP contribution in [0, 0.1) is 5.82 Å².